The number of nitrogens with zero attached hydrogens (tertiary/aromatic N) is 3. The highest BCUT2D eigenvalue weighted by Gasteiger charge is 2.20. The molecule has 3 rings (SSSR count). The third-order valence-corrected chi connectivity index (χ3v) is 4.54. The number of aromatic nitrogens is 2. The minimum Gasteiger partial charge on any atom is -0.465 e. The maximum absolute atomic E-state index is 13.0. The SMILES string of the molecule is O=C(O)NCCC1CCN(c2ncc(-c3ccc(F)cc3)cn2)CC1. The van der Waals surface area contributed by atoms with Gasteiger partial charge in [-0.2, -0.15) is 0 Å². The predicted molar refractivity (Wildman–Crippen MR) is 93.0 cm³/mol. The molecule has 2 heterocycles. The zero-order valence-corrected chi connectivity index (χ0v) is 13.9. The summed E-state index contributed by atoms with van der Waals surface area (Å²) < 4.78 is 13.0. The van der Waals surface area contributed by atoms with Crippen LogP contribution in [-0.4, -0.2) is 40.8 Å². The van der Waals surface area contributed by atoms with Crippen molar-refractivity contribution in [3.05, 3.63) is 42.5 Å². The monoisotopic (exact) mass is 344 g/mol. The van der Waals surface area contributed by atoms with E-state index in [0.29, 0.717) is 18.4 Å². The first-order valence-electron chi connectivity index (χ1n) is 8.41. The van der Waals surface area contributed by atoms with E-state index >= 15 is 0 Å². The number of nitrogens with one attached hydrogen (secondary N) is 1. The Balaban J connectivity index is 1.53. The average molecular weight is 344 g/mol. The van der Waals surface area contributed by atoms with Gasteiger partial charge in [0.1, 0.15) is 5.82 Å². The summed E-state index contributed by atoms with van der Waals surface area (Å²) in [4.78, 5) is 21.5. The van der Waals surface area contributed by atoms with Crippen LogP contribution < -0.4 is 10.2 Å². The van der Waals surface area contributed by atoms with Crippen LogP contribution in [-0.2, 0) is 0 Å². The Morgan fingerprint density at radius 1 is 1.16 bits per heavy atom. The van der Waals surface area contributed by atoms with E-state index in [1.54, 1.807) is 24.5 Å². The zero-order chi connectivity index (χ0) is 17.6. The second kappa shape index (κ2) is 7.92. The average Bonchev–Trinajstić information content (AvgIpc) is 2.63. The first-order chi connectivity index (χ1) is 12.1. The Kier molecular flexibility index (Phi) is 5.42. The fourth-order valence-corrected chi connectivity index (χ4v) is 3.08. The van der Waals surface area contributed by atoms with Crippen molar-refractivity contribution in [2.24, 2.45) is 5.92 Å². The molecule has 0 saturated carbocycles. The van der Waals surface area contributed by atoms with E-state index < -0.39 is 6.09 Å². The smallest absolute Gasteiger partial charge is 0.404 e. The van der Waals surface area contributed by atoms with Gasteiger partial charge in [0.05, 0.1) is 0 Å². The third-order valence-electron chi connectivity index (χ3n) is 4.54. The molecule has 0 atom stereocenters. The van der Waals surface area contributed by atoms with Gasteiger partial charge in [0.2, 0.25) is 5.95 Å². The zero-order valence-electron chi connectivity index (χ0n) is 13.9. The molecular formula is C18H21FN4O2. The molecular weight excluding hydrogens is 323 g/mol. The summed E-state index contributed by atoms with van der Waals surface area (Å²) in [5.41, 5.74) is 1.75. The van der Waals surface area contributed by atoms with Crippen molar-refractivity contribution >= 4 is 12.0 Å². The van der Waals surface area contributed by atoms with Gasteiger partial charge < -0.3 is 15.3 Å². The van der Waals surface area contributed by atoms with Gasteiger partial charge >= 0.3 is 6.09 Å². The molecule has 1 fully saturated rings. The van der Waals surface area contributed by atoms with Crippen LogP contribution in [0.2, 0.25) is 0 Å². The number of hydrogen-bond acceptors (Lipinski definition) is 4. The highest BCUT2D eigenvalue weighted by Crippen LogP contribution is 2.24. The van der Waals surface area contributed by atoms with Crippen molar-refractivity contribution in [2.75, 3.05) is 24.5 Å². The third kappa shape index (κ3) is 4.65. The van der Waals surface area contributed by atoms with Crippen molar-refractivity contribution in [3.63, 3.8) is 0 Å². The van der Waals surface area contributed by atoms with Crippen molar-refractivity contribution in [2.45, 2.75) is 19.3 Å². The Bertz CT molecular complexity index is 698. The van der Waals surface area contributed by atoms with Gasteiger partial charge in [-0.3, -0.25) is 0 Å². The summed E-state index contributed by atoms with van der Waals surface area (Å²) >= 11 is 0. The second-order valence-electron chi connectivity index (χ2n) is 6.23. The van der Waals surface area contributed by atoms with Gasteiger partial charge in [0, 0.05) is 37.6 Å². The summed E-state index contributed by atoms with van der Waals surface area (Å²) in [5, 5.41) is 11.0. The molecule has 0 aliphatic carbocycles. The van der Waals surface area contributed by atoms with Crippen LogP contribution in [0.15, 0.2) is 36.7 Å². The van der Waals surface area contributed by atoms with E-state index in [4.69, 9.17) is 5.11 Å². The lowest BCUT2D eigenvalue weighted by atomic mass is 9.94. The maximum Gasteiger partial charge on any atom is 0.404 e. The first kappa shape index (κ1) is 17.1. The molecule has 2 N–H and O–H groups in total. The second-order valence-corrected chi connectivity index (χ2v) is 6.23. The molecule has 1 aromatic carbocycles. The van der Waals surface area contributed by atoms with Gasteiger partial charge in [-0.05, 0) is 42.9 Å². The molecule has 6 nitrogen and oxygen atoms in total. The Hall–Kier alpha value is -2.70. The topological polar surface area (TPSA) is 78.4 Å². The number of hydrogen-bond donors (Lipinski definition) is 2. The highest BCUT2D eigenvalue weighted by molar-refractivity contribution is 5.64. The summed E-state index contributed by atoms with van der Waals surface area (Å²) in [6.45, 7) is 2.24. The number of anilines is 1. The van der Waals surface area contributed by atoms with Gasteiger partial charge in [0.15, 0.2) is 0 Å². The summed E-state index contributed by atoms with van der Waals surface area (Å²) in [7, 11) is 0. The Morgan fingerprint density at radius 3 is 2.40 bits per heavy atom. The number of piperidine rings is 1. The minimum absolute atomic E-state index is 0.261. The van der Waals surface area contributed by atoms with Gasteiger partial charge in [-0.1, -0.05) is 12.1 Å². The molecule has 0 spiro atoms. The molecule has 1 aromatic heterocycles. The summed E-state index contributed by atoms with van der Waals surface area (Å²) in [6, 6.07) is 6.27. The summed E-state index contributed by atoms with van der Waals surface area (Å²) in [5.74, 6) is 0.970. The van der Waals surface area contributed by atoms with Gasteiger partial charge in [-0.25, -0.2) is 19.2 Å². The Labute approximate surface area is 145 Å². The molecule has 132 valence electrons. The van der Waals surface area contributed by atoms with Crippen LogP contribution in [0.25, 0.3) is 11.1 Å². The van der Waals surface area contributed by atoms with Gasteiger partial charge in [0.25, 0.3) is 0 Å². The molecule has 1 aliphatic rings. The standard InChI is InChI=1S/C18H21FN4O2/c19-16-3-1-14(2-4-16)15-11-21-17(22-12-15)23-9-6-13(7-10-23)5-8-20-18(24)25/h1-4,11-13,20H,5-10H2,(H,24,25). The minimum atomic E-state index is -0.966. The molecule has 1 saturated heterocycles. The van der Waals surface area contributed by atoms with E-state index in [0.717, 1.165) is 43.5 Å². The lowest BCUT2D eigenvalue weighted by Gasteiger charge is -2.32. The van der Waals surface area contributed by atoms with Crippen LogP contribution >= 0.6 is 0 Å². The quantitative estimate of drug-likeness (QED) is 0.871. The number of carbonyl (C=O) groups is 1. The van der Waals surface area contributed by atoms with Crippen LogP contribution in [0.1, 0.15) is 19.3 Å². The Morgan fingerprint density at radius 2 is 1.80 bits per heavy atom. The van der Waals surface area contributed by atoms with Crippen LogP contribution in [0, 0.1) is 11.7 Å². The van der Waals surface area contributed by atoms with E-state index in [9.17, 15) is 9.18 Å². The molecule has 7 heteroatoms. The van der Waals surface area contributed by atoms with Crippen molar-refractivity contribution in [1.82, 2.24) is 15.3 Å². The van der Waals surface area contributed by atoms with E-state index in [1.165, 1.54) is 12.1 Å². The lowest BCUT2D eigenvalue weighted by molar-refractivity contribution is 0.193. The van der Waals surface area contributed by atoms with Crippen LogP contribution in [0.5, 0.6) is 0 Å². The van der Waals surface area contributed by atoms with E-state index in [-0.39, 0.29) is 5.82 Å². The first-order valence-corrected chi connectivity index (χ1v) is 8.41. The number of benzene rings is 1. The summed E-state index contributed by atoms with van der Waals surface area (Å²) in [6.07, 6.45) is 5.43. The normalized spacial score (nSPS) is 15.2. The van der Waals surface area contributed by atoms with E-state index in [2.05, 4.69) is 20.2 Å². The predicted octanol–water partition coefficient (Wildman–Crippen LogP) is 3.16. The lowest BCUT2D eigenvalue weighted by Crippen LogP contribution is -2.36. The molecule has 1 amide bonds. The van der Waals surface area contributed by atoms with Crippen LogP contribution in [0.3, 0.4) is 0 Å². The number of halogens is 1. The van der Waals surface area contributed by atoms with E-state index in [1.807, 2.05) is 0 Å². The molecule has 0 radical (unpaired) electrons. The molecule has 2 aromatic rings. The number of amides is 1. The number of carboxylic acid groups (broad SMARTS) is 1. The molecule has 0 unspecified atom stereocenters. The van der Waals surface area contributed by atoms with Crippen molar-refractivity contribution in [3.8, 4) is 11.1 Å². The largest absolute Gasteiger partial charge is 0.465 e. The fraction of sp³-hybridized carbons (Fsp3) is 0.389. The van der Waals surface area contributed by atoms with Crippen molar-refractivity contribution in [1.29, 1.82) is 0 Å². The maximum atomic E-state index is 13.0. The fourth-order valence-electron chi connectivity index (χ4n) is 3.08. The number of rotatable bonds is 5. The highest BCUT2D eigenvalue weighted by atomic mass is 19.1. The molecule has 25 heavy (non-hydrogen) atoms. The van der Waals surface area contributed by atoms with Gasteiger partial charge in [-0.15, -0.1) is 0 Å². The van der Waals surface area contributed by atoms with Crippen molar-refractivity contribution < 1.29 is 14.3 Å². The van der Waals surface area contributed by atoms with Crippen LogP contribution in [0.4, 0.5) is 15.1 Å². The molecule has 0 bridgehead atoms. The molecule has 1 aliphatic heterocycles.